The summed E-state index contributed by atoms with van der Waals surface area (Å²) in [4.78, 5) is 44.3. The highest BCUT2D eigenvalue weighted by Gasteiger charge is 2.67. The van der Waals surface area contributed by atoms with E-state index in [0.29, 0.717) is 0 Å². The summed E-state index contributed by atoms with van der Waals surface area (Å²) in [6.45, 7) is -10.6. The van der Waals surface area contributed by atoms with Gasteiger partial charge in [-0.05, 0) is 0 Å². The third-order valence-corrected chi connectivity index (χ3v) is 28.8. The maximum atomic E-state index is 15.2. The molecule has 23 saturated heterocycles. The van der Waals surface area contributed by atoms with Crippen LogP contribution in [0.1, 0.15) is 13.8 Å². The molecule has 63 nitrogen and oxygen atoms in total. The summed E-state index contributed by atoms with van der Waals surface area (Å²) in [5.74, 6) is -6.60. The topological polar surface area (TPSA) is 902 Å². The molecule has 0 radical (unpaired) electrons. The molecule has 0 spiro atoms. The molecule has 0 saturated carbocycles. The maximum absolute atomic E-state index is 15.2. The van der Waals surface area contributed by atoms with Crippen LogP contribution in [0.15, 0.2) is 0 Å². The molecular weight excluding hydrogens is 1990 g/mol. The Labute approximate surface area is 818 Å². The van der Waals surface area contributed by atoms with E-state index in [1.54, 1.807) is 0 Å². The van der Waals surface area contributed by atoms with Crippen molar-refractivity contribution in [1.29, 1.82) is 0 Å². The molecule has 19 bridgehead atoms. The molecule has 832 valence electrons. The standard InChI is InChI=1S/C82H126O63/c1-17-28-14-115-65(110)80-130-49-18(2)19(5-83)118-77(62(49)143-80)136-54-24(10-88)123-73(45(106)36(54)97)139-59-27(13-91)126-79-64-61(59)142-82(145-64)67(112)117-16-30-57(134-71-43(104)34(95)51(22(8-86)121-71)131-70(127-28)40(101)31(17)92)39(100)48(109)76(129-30)133-52-23(9-87)122-72(44(105)35(52)96)135-56-29(128-75(47(108)38(56)99)132-50-20(6-84)119-68(113-3)41(102)32(50)93)15-116-66(111)81-141-60-58(140-74-46(107)37(98)55(138-79)25(11-89)124-74)26(12-90)125-78(63(60)144-81)137-53-21(7-85)120-69(114-4)42(103)33(53)94/h17-64,68-109H,5-16H2,1-4H3. The van der Waals surface area contributed by atoms with Crippen LogP contribution in [-0.2, 0) is 171 Å². The fourth-order valence-corrected chi connectivity index (χ4v) is 20.6. The van der Waals surface area contributed by atoms with Gasteiger partial charge in [-0.25, -0.2) is 14.4 Å². The second kappa shape index (κ2) is 47.4. The average molecular weight is 2120 g/mol. The largest absolute Gasteiger partial charge is 0.459 e. The lowest BCUT2D eigenvalue weighted by molar-refractivity contribution is -0.396. The van der Waals surface area contributed by atoms with Gasteiger partial charge < -0.3 is 294 Å². The minimum absolute atomic E-state index is 0.744. The van der Waals surface area contributed by atoms with E-state index in [2.05, 4.69) is 0 Å². The summed E-state index contributed by atoms with van der Waals surface area (Å²) < 4.78 is 198. The van der Waals surface area contributed by atoms with E-state index in [-0.39, 0.29) is 0 Å². The lowest BCUT2D eigenvalue weighted by Crippen LogP contribution is -2.68. The first-order valence-electron chi connectivity index (χ1n) is 47.0. The zero-order valence-electron chi connectivity index (χ0n) is 77.1. The first-order chi connectivity index (χ1) is 69.4. The zero-order valence-corrected chi connectivity index (χ0v) is 77.1. The number of esters is 3. The minimum atomic E-state index is -2.59. The monoisotopic (exact) mass is 2120 g/mol. The van der Waals surface area contributed by atoms with Crippen LogP contribution in [0.25, 0.3) is 0 Å². The van der Waals surface area contributed by atoms with Crippen LogP contribution in [0.5, 0.6) is 0 Å². The van der Waals surface area contributed by atoms with Crippen LogP contribution in [0.4, 0.5) is 0 Å². The lowest BCUT2D eigenvalue weighted by Gasteiger charge is -2.50. The van der Waals surface area contributed by atoms with Crippen LogP contribution in [0, 0.1) is 11.8 Å². The van der Waals surface area contributed by atoms with E-state index in [1.807, 2.05) is 0 Å². The molecule has 145 heavy (non-hydrogen) atoms. The van der Waals surface area contributed by atoms with Crippen LogP contribution in [-0.4, -0.2) is 624 Å². The van der Waals surface area contributed by atoms with Crippen molar-refractivity contribution >= 4 is 17.9 Å². The number of aliphatic hydroxyl groups is 27. The van der Waals surface area contributed by atoms with E-state index in [0.717, 1.165) is 14.2 Å². The molecule has 23 heterocycles. The van der Waals surface area contributed by atoms with E-state index < -0.39 is 484 Å². The average Bonchev–Trinajstić information content (AvgIpc) is 1.59. The zero-order chi connectivity index (χ0) is 104. The quantitative estimate of drug-likeness (QED) is 0.0535. The smallest absolute Gasteiger partial charge is 0.363 e. The van der Waals surface area contributed by atoms with E-state index in [4.69, 9.17) is 156 Å². The number of rotatable bonds is 15. The van der Waals surface area contributed by atoms with Gasteiger partial charge in [0, 0.05) is 26.1 Å². The van der Waals surface area contributed by atoms with Crippen LogP contribution in [0.3, 0.4) is 0 Å². The van der Waals surface area contributed by atoms with Gasteiger partial charge in [0.15, 0.2) is 75.5 Å². The van der Waals surface area contributed by atoms with E-state index >= 15 is 4.79 Å². The van der Waals surface area contributed by atoms with Gasteiger partial charge >= 0.3 is 17.9 Å². The molecule has 23 fully saturated rings. The molecule has 63 heteroatoms. The number of methoxy groups -OCH3 is 2. The molecule has 63 unspecified atom stereocenters. The van der Waals surface area contributed by atoms with Crippen molar-refractivity contribution in [1.82, 2.24) is 0 Å². The Balaban J connectivity index is 0.726. The number of carbonyl (C=O) groups excluding carboxylic acids is 3. The predicted molar refractivity (Wildman–Crippen MR) is 430 cm³/mol. The van der Waals surface area contributed by atoms with E-state index in [9.17, 15) is 147 Å². The highest BCUT2D eigenvalue weighted by Crippen LogP contribution is 2.47. The molecule has 23 aliphatic rings. The maximum Gasteiger partial charge on any atom is 0.363 e. The molecule has 0 amide bonds. The molecule has 63 atom stereocenters. The van der Waals surface area contributed by atoms with Gasteiger partial charge in [0.2, 0.25) is 0 Å². The van der Waals surface area contributed by atoms with Gasteiger partial charge in [-0.3, -0.25) is 0 Å². The fourth-order valence-electron chi connectivity index (χ4n) is 20.6. The predicted octanol–water partition coefficient (Wildman–Crippen LogP) is -21.5. The van der Waals surface area contributed by atoms with Gasteiger partial charge in [-0.15, -0.1) is 0 Å². The van der Waals surface area contributed by atoms with Crippen molar-refractivity contribution in [3.8, 4) is 0 Å². The molecule has 0 aromatic heterocycles. The van der Waals surface area contributed by atoms with Crippen molar-refractivity contribution in [3.05, 3.63) is 0 Å². The highest BCUT2D eigenvalue weighted by atomic mass is 16.9. The van der Waals surface area contributed by atoms with Gasteiger partial charge in [0.25, 0.3) is 18.9 Å². The Morgan fingerprint density at radius 1 is 0.207 bits per heavy atom. The summed E-state index contributed by atoms with van der Waals surface area (Å²) in [5.41, 5.74) is 0. The number of aliphatic hydroxyl groups excluding tert-OH is 27. The van der Waals surface area contributed by atoms with Crippen LogP contribution >= 0.6 is 0 Å². The Kier molecular flexibility index (Phi) is 36.7. The van der Waals surface area contributed by atoms with Crippen LogP contribution in [0.2, 0.25) is 0 Å². The van der Waals surface area contributed by atoms with Crippen molar-refractivity contribution in [2.75, 3.05) is 93.5 Å². The summed E-state index contributed by atoms with van der Waals surface area (Å²) in [6.07, 6.45) is -128. The van der Waals surface area contributed by atoms with Crippen molar-refractivity contribution in [2.45, 2.75) is 389 Å². The van der Waals surface area contributed by atoms with Crippen LogP contribution < -0.4 is 0 Å². The Morgan fingerprint density at radius 2 is 0.469 bits per heavy atom. The van der Waals surface area contributed by atoms with Crippen molar-refractivity contribution in [3.63, 3.8) is 0 Å². The molecular formula is C82H126O63. The highest BCUT2D eigenvalue weighted by molar-refractivity contribution is 5.74. The summed E-state index contributed by atoms with van der Waals surface area (Å²) in [6, 6.07) is 0. The molecule has 0 aromatic rings. The summed E-state index contributed by atoms with van der Waals surface area (Å²) in [7, 11) is 2.16. The molecule has 0 aromatic carbocycles. The summed E-state index contributed by atoms with van der Waals surface area (Å²) in [5, 5.41) is 314. The molecule has 0 aliphatic carbocycles. The third-order valence-electron chi connectivity index (χ3n) is 28.8. The normalized spacial score (nSPS) is 54.6. The third kappa shape index (κ3) is 21.9. The lowest BCUT2D eigenvalue weighted by atomic mass is 9.90. The SMILES string of the molecule is COC1OC(CO)C(OC2OC3COC(=O)C4OC5C(OC6C(CO)OC(OC)C(O)C6O)OC(CO)C(OC6OC(CO)C(OC7OC(CO)C8OC9OC(CO)C(OC%10OC(CO)C(C)C%11OC(OC%10%11)C(=O)OCC%10OC(OC%11C(CO)OC(OC%12C(COC(=O)C%13OC7C8O%13)OC(OC7C(CO)OC(OC3C(O)C2O)C(O)C7O)C(O)C%12O)C(O)C%11O)C(O)C(O)C%10C)C(O)C9O)C(O)C6O)C5O4)C(O)C1O. The fraction of sp³-hybridized carbons (Fsp3) is 0.963. The van der Waals surface area contributed by atoms with Gasteiger partial charge in [-0.2, -0.15) is 0 Å². The van der Waals surface area contributed by atoms with Crippen molar-refractivity contribution < 1.29 is 309 Å². The van der Waals surface area contributed by atoms with Gasteiger partial charge in [0.05, 0.1) is 83.9 Å². The first-order valence-corrected chi connectivity index (χ1v) is 47.0. The number of hydrogen-bond donors (Lipinski definition) is 27. The first kappa shape index (κ1) is 112. The van der Waals surface area contributed by atoms with Gasteiger partial charge in [0.1, 0.15) is 276 Å². The Bertz CT molecular complexity index is 4140. The second-order valence-electron chi connectivity index (χ2n) is 37.7. The Morgan fingerprint density at radius 3 is 0.869 bits per heavy atom. The van der Waals surface area contributed by atoms with Gasteiger partial charge in [-0.1, -0.05) is 13.8 Å². The van der Waals surface area contributed by atoms with E-state index in [1.165, 1.54) is 13.8 Å². The molecule has 27 N–H and O–H groups in total. The van der Waals surface area contributed by atoms with Crippen molar-refractivity contribution in [2.24, 2.45) is 11.8 Å². The minimum Gasteiger partial charge on any atom is -0.459 e. The number of ether oxygens (including phenoxy) is 33. The molecule has 23 rings (SSSR count). The number of hydrogen-bond acceptors (Lipinski definition) is 63. The number of carbonyl (C=O) groups is 3. The Hall–Kier alpha value is -3.87. The second-order valence-corrected chi connectivity index (χ2v) is 37.7. The molecule has 23 aliphatic heterocycles. The summed E-state index contributed by atoms with van der Waals surface area (Å²) >= 11 is 0.